The van der Waals surface area contributed by atoms with Crippen LogP contribution in [0.25, 0.3) is 0 Å². The summed E-state index contributed by atoms with van der Waals surface area (Å²) in [6, 6.07) is 15.1. The minimum atomic E-state index is -0.0981. The van der Waals surface area contributed by atoms with Gasteiger partial charge in [-0.05, 0) is 73.7 Å². The standard InChI is InChI=1S/C22H24ClN3O2/c23-18-5-9-20(10-6-18)26-12-11-15(14-26)13-24-21(27)16-1-3-17(4-2-16)22(28)25-19-7-8-19/h1-6,9-10,15,19H,7-8,11-14H2,(H,24,27)(H,25,28). The Morgan fingerprint density at radius 2 is 1.57 bits per heavy atom. The van der Waals surface area contributed by atoms with E-state index in [9.17, 15) is 9.59 Å². The van der Waals surface area contributed by atoms with Gasteiger partial charge in [-0.1, -0.05) is 11.6 Å². The highest BCUT2D eigenvalue weighted by molar-refractivity contribution is 6.30. The molecule has 2 fully saturated rings. The molecule has 0 radical (unpaired) electrons. The molecule has 1 atom stereocenters. The number of nitrogens with zero attached hydrogens (tertiary/aromatic N) is 1. The zero-order valence-electron chi connectivity index (χ0n) is 15.7. The molecule has 28 heavy (non-hydrogen) atoms. The van der Waals surface area contributed by atoms with Gasteiger partial charge in [0.1, 0.15) is 0 Å². The van der Waals surface area contributed by atoms with Crippen molar-refractivity contribution in [3.63, 3.8) is 0 Å². The Bertz CT molecular complexity index is 847. The van der Waals surface area contributed by atoms with E-state index in [1.54, 1.807) is 24.3 Å². The molecule has 1 heterocycles. The molecule has 5 nitrogen and oxygen atoms in total. The zero-order valence-corrected chi connectivity index (χ0v) is 16.4. The van der Waals surface area contributed by atoms with Crippen molar-refractivity contribution in [3.8, 4) is 0 Å². The summed E-state index contributed by atoms with van der Waals surface area (Å²) in [6.45, 7) is 2.54. The van der Waals surface area contributed by atoms with Gasteiger partial charge in [0.05, 0.1) is 0 Å². The van der Waals surface area contributed by atoms with Gasteiger partial charge in [0.15, 0.2) is 0 Å². The van der Waals surface area contributed by atoms with Gasteiger partial charge in [-0.25, -0.2) is 0 Å². The van der Waals surface area contributed by atoms with Crippen molar-refractivity contribution in [3.05, 3.63) is 64.7 Å². The number of amides is 2. The van der Waals surface area contributed by atoms with Gasteiger partial charge in [-0.2, -0.15) is 0 Å². The molecule has 0 spiro atoms. The molecular formula is C22H24ClN3O2. The van der Waals surface area contributed by atoms with Crippen LogP contribution in [-0.2, 0) is 0 Å². The average Bonchev–Trinajstić information content (AvgIpc) is 3.40. The van der Waals surface area contributed by atoms with Gasteiger partial charge >= 0.3 is 0 Å². The molecule has 2 aliphatic rings. The monoisotopic (exact) mass is 397 g/mol. The topological polar surface area (TPSA) is 61.4 Å². The van der Waals surface area contributed by atoms with Crippen LogP contribution in [0.1, 0.15) is 40.0 Å². The SMILES string of the molecule is O=C(NCC1CCN(c2ccc(Cl)cc2)C1)c1ccc(C(=O)NC2CC2)cc1. The van der Waals surface area contributed by atoms with Gasteiger partial charge in [-0.15, -0.1) is 0 Å². The van der Waals surface area contributed by atoms with Crippen LogP contribution in [0.5, 0.6) is 0 Å². The Hall–Kier alpha value is -2.53. The normalized spacial score (nSPS) is 18.8. The summed E-state index contributed by atoms with van der Waals surface area (Å²) in [6.07, 6.45) is 3.16. The van der Waals surface area contributed by atoms with E-state index < -0.39 is 0 Å². The van der Waals surface area contributed by atoms with Gasteiger partial charge in [-0.3, -0.25) is 9.59 Å². The van der Waals surface area contributed by atoms with E-state index in [0.717, 1.165) is 37.4 Å². The Balaban J connectivity index is 1.26. The molecule has 1 saturated heterocycles. The first kappa shape index (κ1) is 18.8. The molecule has 146 valence electrons. The number of rotatable bonds is 6. The molecule has 2 aromatic carbocycles. The summed E-state index contributed by atoms with van der Waals surface area (Å²) in [5.41, 5.74) is 2.34. The molecule has 2 amide bonds. The maximum atomic E-state index is 12.4. The van der Waals surface area contributed by atoms with Gasteiger partial charge in [0.25, 0.3) is 11.8 Å². The quantitative estimate of drug-likeness (QED) is 0.784. The lowest BCUT2D eigenvalue weighted by atomic mass is 10.1. The molecule has 0 aromatic heterocycles. The molecule has 1 aliphatic heterocycles. The number of hydrogen-bond acceptors (Lipinski definition) is 3. The number of hydrogen-bond donors (Lipinski definition) is 2. The second-order valence-electron chi connectivity index (χ2n) is 7.61. The molecule has 2 aromatic rings. The third kappa shape index (κ3) is 4.65. The van der Waals surface area contributed by atoms with E-state index in [1.807, 2.05) is 24.3 Å². The third-order valence-electron chi connectivity index (χ3n) is 5.35. The third-order valence-corrected chi connectivity index (χ3v) is 5.60. The Morgan fingerprint density at radius 3 is 2.21 bits per heavy atom. The highest BCUT2D eigenvalue weighted by Gasteiger charge is 2.24. The minimum absolute atomic E-state index is 0.0669. The molecule has 1 unspecified atom stereocenters. The fourth-order valence-electron chi connectivity index (χ4n) is 3.49. The number of nitrogens with one attached hydrogen (secondary N) is 2. The van der Waals surface area contributed by atoms with E-state index in [2.05, 4.69) is 15.5 Å². The van der Waals surface area contributed by atoms with Crippen molar-refractivity contribution in [2.45, 2.75) is 25.3 Å². The summed E-state index contributed by atoms with van der Waals surface area (Å²) in [5.74, 6) is 0.255. The molecule has 0 bridgehead atoms. The maximum Gasteiger partial charge on any atom is 0.251 e. The number of anilines is 1. The van der Waals surface area contributed by atoms with Crippen molar-refractivity contribution in [2.24, 2.45) is 5.92 Å². The van der Waals surface area contributed by atoms with Crippen LogP contribution in [0.4, 0.5) is 5.69 Å². The second-order valence-corrected chi connectivity index (χ2v) is 8.05. The number of carbonyl (C=O) groups excluding carboxylic acids is 2. The van der Waals surface area contributed by atoms with Crippen LogP contribution < -0.4 is 15.5 Å². The van der Waals surface area contributed by atoms with Crippen LogP contribution in [0, 0.1) is 5.92 Å². The zero-order chi connectivity index (χ0) is 19.5. The summed E-state index contributed by atoms with van der Waals surface area (Å²) in [7, 11) is 0. The van der Waals surface area contributed by atoms with Gasteiger partial charge in [0, 0.05) is 47.5 Å². The van der Waals surface area contributed by atoms with E-state index in [-0.39, 0.29) is 11.8 Å². The fourth-order valence-corrected chi connectivity index (χ4v) is 3.62. The second kappa shape index (κ2) is 8.23. The smallest absolute Gasteiger partial charge is 0.251 e. The first-order valence-electron chi connectivity index (χ1n) is 9.78. The Kier molecular flexibility index (Phi) is 5.53. The van der Waals surface area contributed by atoms with Crippen molar-refractivity contribution in [1.29, 1.82) is 0 Å². The minimum Gasteiger partial charge on any atom is -0.371 e. The fraction of sp³-hybridized carbons (Fsp3) is 0.364. The lowest BCUT2D eigenvalue weighted by Crippen LogP contribution is -2.31. The first-order valence-corrected chi connectivity index (χ1v) is 10.2. The number of halogens is 1. The summed E-state index contributed by atoms with van der Waals surface area (Å²) >= 11 is 5.95. The highest BCUT2D eigenvalue weighted by atomic mass is 35.5. The molecule has 1 aliphatic carbocycles. The van der Waals surface area contributed by atoms with E-state index in [4.69, 9.17) is 11.6 Å². The lowest BCUT2D eigenvalue weighted by Gasteiger charge is -2.19. The average molecular weight is 398 g/mol. The largest absolute Gasteiger partial charge is 0.371 e. The van der Waals surface area contributed by atoms with Crippen molar-refractivity contribution >= 4 is 29.1 Å². The molecule has 4 rings (SSSR count). The maximum absolute atomic E-state index is 12.4. The van der Waals surface area contributed by atoms with Gasteiger partial charge in [0.2, 0.25) is 0 Å². The van der Waals surface area contributed by atoms with E-state index >= 15 is 0 Å². The van der Waals surface area contributed by atoms with Gasteiger partial charge < -0.3 is 15.5 Å². The molecule has 6 heteroatoms. The molecule has 1 saturated carbocycles. The molecular weight excluding hydrogens is 374 g/mol. The summed E-state index contributed by atoms with van der Waals surface area (Å²) in [5, 5.41) is 6.71. The van der Waals surface area contributed by atoms with E-state index in [1.165, 1.54) is 5.69 Å². The van der Waals surface area contributed by atoms with Crippen LogP contribution in [-0.4, -0.2) is 37.5 Å². The van der Waals surface area contributed by atoms with Crippen LogP contribution in [0.3, 0.4) is 0 Å². The number of benzene rings is 2. The van der Waals surface area contributed by atoms with Crippen LogP contribution in [0.15, 0.2) is 48.5 Å². The van der Waals surface area contributed by atoms with Crippen molar-refractivity contribution < 1.29 is 9.59 Å². The first-order chi connectivity index (χ1) is 13.6. The Labute approximate surface area is 170 Å². The van der Waals surface area contributed by atoms with Crippen molar-refractivity contribution in [2.75, 3.05) is 24.5 Å². The lowest BCUT2D eigenvalue weighted by molar-refractivity contribution is 0.0937. The Morgan fingerprint density at radius 1 is 0.929 bits per heavy atom. The summed E-state index contributed by atoms with van der Waals surface area (Å²) in [4.78, 5) is 26.8. The highest BCUT2D eigenvalue weighted by Crippen LogP contribution is 2.25. The van der Waals surface area contributed by atoms with E-state index in [0.29, 0.717) is 29.6 Å². The summed E-state index contributed by atoms with van der Waals surface area (Å²) < 4.78 is 0. The van der Waals surface area contributed by atoms with Crippen LogP contribution >= 0.6 is 11.6 Å². The molecule has 2 N–H and O–H groups in total. The van der Waals surface area contributed by atoms with Crippen LogP contribution in [0.2, 0.25) is 5.02 Å². The number of carbonyl (C=O) groups is 2. The predicted octanol–water partition coefficient (Wildman–Crippen LogP) is 3.49. The van der Waals surface area contributed by atoms with Crippen molar-refractivity contribution in [1.82, 2.24) is 10.6 Å². The predicted molar refractivity (Wildman–Crippen MR) is 111 cm³/mol.